The Hall–Kier alpha value is -0.380. The SMILES string of the molecule is CN1CCC(CNCc2cc3c(s2)CCC3)CC1. The zero-order valence-corrected chi connectivity index (χ0v) is 12.2. The second-order valence-electron chi connectivity index (χ2n) is 5.89. The summed E-state index contributed by atoms with van der Waals surface area (Å²) in [4.78, 5) is 5.65. The fraction of sp³-hybridized carbons (Fsp3) is 0.733. The Labute approximate surface area is 114 Å². The number of nitrogens with one attached hydrogen (secondary N) is 1. The standard InChI is InChI=1S/C15H24N2S/c1-17-7-5-12(6-8-17)10-16-11-14-9-13-3-2-4-15(13)18-14/h9,12,16H,2-8,10-11H2,1H3. The topological polar surface area (TPSA) is 15.3 Å². The zero-order valence-electron chi connectivity index (χ0n) is 11.4. The minimum atomic E-state index is 0.896. The Morgan fingerprint density at radius 1 is 1.33 bits per heavy atom. The van der Waals surface area contributed by atoms with Gasteiger partial charge in [0, 0.05) is 16.3 Å². The maximum absolute atomic E-state index is 3.67. The Bertz CT molecular complexity index is 370. The lowest BCUT2D eigenvalue weighted by molar-refractivity contribution is 0.216. The summed E-state index contributed by atoms with van der Waals surface area (Å²) in [7, 11) is 2.23. The molecule has 1 aliphatic carbocycles. The zero-order chi connectivity index (χ0) is 12.4. The summed E-state index contributed by atoms with van der Waals surface area (Å²) in [6.45, 7) is 4.85. The van der Waals surface area contributed by atoms with Crippen molar-refractivity contribution in [1.29, 1.82) is 0 Å². The third-order valence-corrected chi connectivity index (χ3v) is 5.61. The molecule has 0 radical (unpaired) electrons. The van der Waals surface area contributed by atoms with E-state index in [-0.39, 0.29) is 0 Å². The largest absolute Gasteiger partial charge is 0.312 e. The van der Waals surface area contributed by atoms with Gasteiger partial charge in [0.15, 0.2) is 0 Å². The van der Waals surface area contributed by atoms with Crippen LogP contribution in [0, 0.1) is 5.92 Å². The fourth-order valence-electron chi connectivity index (χ4n) is 3.14. The van der Waals surface area contributed by atoms with Gasteiger partial charge in [0.1, 0.15) is 0 Å². The van der Waals surface area contributed by atoms with Crippen molar-refractivity contribution >= 4 is 11.3 Å². The highest BCUT2D eigenvalue weighted by Crippen LogP contribution is 2.30. The molecule has 1 aromatic heterocycles. The Balaban J connectivity index is 1.41. The first-order valence-corrected chi connectivity index (χ1v) is 8.12. The van der Waals surface area contributed by atoms with Gasteiger partial charge < -0.3 is 10.2 Å². The third kappa shape index (κ3) is 2.95. The van der Waals surface area contributed by atoms with Gasteiger partial charge in [-0.15, -0.1) is 11.3 Å². The summed E-state index contributed by atoms with van der Waals surface area (Å²) >= 11 is 2.04. The van der Waals surface area contributed by atoms with Crippen LogP contribution in [0.1, 0.15) is 34.6 Å². The summed E-state index contributed by atoms with van der Waals surface area (Å²) in [5.74, 6) is 0.896. The van der Waals surface area contributed by atoms with Gasteiger partial charge >= 0.3 is 0 Å². The van der Waals surface area contributed by atoms with E-state index in [2.05, 4.69) is 23.3 Å². The van der Waals surface area contributed by atoms with Crippen molar-refractivity contribution in [3.05, 3.63) is 21.4 Å². The number of hydrogen-bond donors (Lipinski definition) is 1. The first kappa shape index (κ1) is 12.6. The highest BCUT2D eigenvalue weighted by molar-refractivity contribution is 7.12. The lowest BCUT2D eigenvalue weighted by atomic mass is 9.97. The molecule has 0 atom stereocenters. The molecule has 18 heavy (non-hydrogen) atoms. The normalized spacial score (nSPS) is 21.4. The molecule has 0 bridgehead atoms. The van der Waals surface area contributed by atoms with Gasteiger partial charge in [-0.1, -0.05) is 0 Å². The molecule has 1 N–H and O–H groups in total. The predicted molar refractivity (Wildman–Crippen MR) is 78.3 cm³/mol. The van der Waals surface area contributed by atoms with E-state index in [9.17, 15) is 0 Å². The molecule has 0 spiro atoms. The van der Waals surface area contributed by atoms with Gasteiger partial charge in [0.2, 0.25) is 0 Å². The first-order chi connectivity index (χ1) is 8.81. The number of piperidine rings is 1. The van der Waals surface area contributed by atoms with E-state index in [1.807, 2.05) is 11.3 Å². The van der Waals surface area contributed by atoms with Crippen molar-refractivity contribution in [2.45, 2.75) is 38.6 Å². The lowest BCUT2D eigenvalue weighted by Crippen LogP contribution is -2.34. The second-order valence-corrected chi connectivity index (χ2v) is 7.11. The number of likely N-dealkylation sites (tertiary alicyclic amines) is 1. The van der Waals surface area contributed by atoms with Crippen molar-refractivity contribution in [2.24, 2.45) is 5.92 Å². The summed E-state index contributed by atoms with van der Waals surface area (Å²) in [5, 5.41) is 3.67. The smallest absolute Gasteiger partial charge is 0.0300 e. The van der Waals surface area contributed by atoms with Crippen molar-refractivity contribution in [3.63, 3.8) is 0 Å². The number of aryl methyl sites for hydroxylation is 2. The van der Waals surface area contributed by atoms with Gasteiger partial charge in [-0.3, -0.25) is 0 Å². The highest BCUT2D eigenvalue weighted by Gasteiger charge is 2.17. The molecule has 2 aliphatic rings. The molecule has 1 saturated heterocycles. The van der Waals surface area contributed by atoms with Gasteiger partial charge in [-0.2, -0.15) is 0 Å². The molecule has 1 aliphatic heterocycles. The van der Waals surface area contributed by atoms with E-state index in [1.54, 1.807) is 15.3 Å². The average Bonchev–Trinajstić information content (AvgIpc) is 2.92. The number of thiophene rings is 1. The molecule has 0 unspecified atom stereocenters. The first-order valence-electron chi connectivity index (χ1n) is 7.31. The van der Waals surface area contributed by atoms with Crippen LogP contribution in [0.3, 0.4) is 0 Å². The van der Waals surface area contributed by atoms with Crippen LogP contribution in [-0.4, -0.2) is 31.6 Å². The fourth-order valence-corrected chi connectivity index (χ4v) is 4.37. The molecule has 0 aromatic carbocycles. The van der Waals surface area contributed by atoms with Crippen LogP contribution in [-0.2, 0) is 19.4 Å². The maximum Gasteiger partial charge on any atom is 0.0300 e. The minimum Gasteiger partial charge on any atom is -0.312 e. The molecule has 2 heterocycles. The molecular formula is C15H24N2S. The van der Waals surface area contributed by atoms with Crippen molar-refractivity contribution < 1.29 is 0 Å². The van der Waals surface area contributed by atoms with Crippen LogP contribution in [0.2, 0.25) is 0 Å². The summed E-state index contributed by atoms with van der Waals surface area (Å²) in [6, 6.07) is 2.44. The molecule has 3 rings (SSSR count). The summed E-state index contributed by atoms with van der Waals surface area (Å²) in [6.07, 6.45) is 6.76. The van der Waals surface area contributed by atoms with Crippen LogP contribution in [0.15, 0.2) is 6.07 Å². The average molecular weight is 264 g/mol. The van der Waals surface area contributed by atoms with E-state index >= 15 is 0 Å². The molecule has 1 fully saturated rings. The second kappa shape index (κ2) is 5.72. The van der Waals surface area contributed by atoms with Crippen molar-refractivity contribution in [2.75, 3.05) is 26.7 Å². The number of fused-ring (bicyclic) bond motifs is 1. The summed E-state index contributed by atoms with van der Waals surface area (Å²) < 4.78 is 0. The maximum atomic E-state index is 3.67. The van der Waals surface area contributed by atoms with E-state index in [4.69, 9.17) is 0 Å². The van der Waals surface area contributed by atoms with Crippen LogP contribution in [0.5, 0.6) is 0 Å². The minimum absolute atomic E-state index is 0.896. The highest BCUT2D eigenvalue weighted by atomic mass is 32.1. The van der Waals surface area contributed by atoms with Crippen LogP contribution < -0.4 is 5.32 Å². The van der Waals surface area contributed by atoms with Gasteiger partial charge in [0.25, 0.3) is 0 Å². The Kier molecular flexibility index (Phi) is 4.02. The molecule has 0 amide bonds. The van der Waals surface area contributed by atoms with E-state index in [1.165, 1.54) is 51.7 Å². The van der Waals surface area contributed by atoms with Crippen LogP contribution in [0.25, 0.3) is 0 Å². The Morgan fingerprint density at radius 3 is 2.94 bits per heavy atom. The van der Waals surface area contributed by atoms with Gasteiger partial charge in [-0.25, -0.2) is 0 Å². The van der Waals surface area contributed by atoms with Crippen LogP contribution in [0.4, 0.5) is 0 Å². The monoisotopic (exact) mass is 264 g/mol. The predicted octanol–water partition coefficient (Wildman–Crippen LogP) is 2.67. The molecule has 0 saturated carbocycles. The van der Waals surface area contributed by atoms with Crippen LogP contribution >= 0.6 is 11.3 Å². The van der Waals surface area contributed by atoms with E-state index in [0.29, 0.717) is 0 Å². The number of nitrogens with zero attached hydrogens (tertiary/aromatic N) is 1. The number of rotatable bonds is 4. The molecule has 2 nitrogen and oxygen atoms in total. The van der Waals surface area contributed by atoms with E-state index < -0.39 is 0 Å². The molecule has 100 valence electrons. The summed E-state index contributed by atoms with van der Waals surface area (Å²) in [5.41, 5.74) is 1.64. The quantitative estimate of drug-likeness (QED) is 0.899. The van der Waals surface area contributed by atoms with Gasteiger partial charge in [-0.05, 0) is 76.3 Å². The molecular weight excluding hydrogens is 240 g/mol. The number of hydrogen-bond acceptors (Lipinski definition) is 3. The molecule has 3 heteroatoms. The Morgan fingerprint density at radius 2 is 2.17 bits per heavy atom. The van der Waals surface area contributed by atoms with E-state index in [0.717, 1.165) is 12.5 Å². The van der Waals surface area contributed by atoms with Crippen molar-refractivity contribution in [1.82, 2.24) is 10.2 Å². The van der Waals surface area contributed by atoms with Gasteiger partial charge in [0.05, 0.1) is 0 Å². The lowest BCUT2D eigenvalue weighted by Gasteiger charge is -2.28. The molecule has 1 aromatic rings. The van der Waals surface area contributed by atoms with Crippen molar-refractivity contribution in [3.8, 4) is 0 Å². The third-order valence-electron chi connectivity index (χ3n) is 4.37.